The van der Waals surface area contributed by atoms with E-state index in [1.54, 1.807) is 0 Å². The predicted octanol–water partition coefficient (Wildman–Crippen LogP) is 1.04. The van der Waals surface area contributed by atoms with Gasteiger partial charge in [-0.2, -0.15) is 5.26 Å². The third-order valence-electron chi connectivity index (χ3n) is 3.17. The third-order valence-corrected chi connectivity index (χ3v) is 3.17. The third kappa shape index (κ3) is 3.46. The van der Waals surface area contributed by atoms with Gasteiger partial charge in [-0.15, -0.1) is 0 Å². The Morgan fingerprint density at radius 3 is 3.21 bits per heavy atom. The number of carbonyl (C=O) groups is 1. The van der Waals surface area contributed by atoms with Gasteiger partial charge >= 0.3 is 0 Å². The van der Waals surface area contributed by atoms with Crippen LogP contribution in [-0.4, -0.2) is 19.1 Å². The smallest absolute Gasteiger partial charge is 0.257 e. The molecule has 100 valence electrons. The monoisotopic (exact) mass is 259 g/mol. The largest absolute Gasteiger partial charge is 0.484 e. The number of nitriles is 1. The van der Waals surface area contributed by atoms with Gasteiger partial charge in [0.25, 0.3) is 5.91 Å². The summed E-state index contributed by atoms with van der Waals surface area (Å²) in [5.41, 5.74) is 8.33. The Bertz CT molecular complexity index is 508. The fourth-order valence-electron chi connectivity index (χ4n) is 2.17. The number of hydrogen-bond acceptors (Lipinski definition) is 4. The molecule has 0 bridgehead atoms. The van der Waals surface area contributed by atoms with Crippen molar-refractivity contribution >= 4 is 5.91 Å². The molecular formula is C14H17N3O2. The van der Waals surface area contributed by atoms with Gasteiger partial charge < -0.3 is 15.8 Å². The molecular weight excluding hydrogens is 242 g/mol. The molecule has 0 saturated carbocycles. The number of nitrogens with one attached hydrogen (secondary N) is 1. The standard InChI is InChI=1S/C14H17N3O2/c15-6-1-7-17-14(18)9-19-11-3-4-12-10(8-11)2-5-13(12)16/h3-4,8,13H,1-2,5,7,9,16H2,(H,17,18)/t13-/m0/s1. The summed E-state index contributed by atoms with van der Waals surface area (Å²) >= 11 is 0. The molecule has 0 unspecified atom stereocenters. The predicted molar refractivity (Wildman–Crippen MR) is 70.4 cm³/mol. The first kappa shape index (κ1) is 13.4. The highest BCUT2D eigenvalue weighted by atomic mass is 16.5. The van der Waals surface area contributed by atoms with Crippen molar-refractivity contribution in [2.24, 2.45) is 5.73 Å². The van der Waals surface area contributed by atoms with Crippen molar-refractivity contribution in [1.82, 2.24) is 5.32 Å². The molecule has 0 aromatic heterocycles. The van der Waals surface area contributed by atoms with Crippen LogP contribution in [0.25, 0.3) is 0 Å². The Hall–Kier alpha value is -2.06. The molecule has 1 aliphatic rings. The second kappa shape index (κ2) is 6.21. The zero-order chi connectivity index (χ0) is 13.7. The van der Waals surface area contributed by atoms with Crippen LogP contribution in [0, 0.1) is 11.3 Å². The Balaban J connectivity index is 1.84. The summed E-state index contributed by atoms with van der Waals surface area (Å²) in [6, 6.07) is 7.84. The molecule has 0 heterocycles. The Labute approximate surface area is 112 Å². The van der Waals surface area contributed by atoms with Gasteiger partial charge in [0, 0.05) is 12.6 Å². The molecule has 19 heavy (non-hydrogen) atoms. The lowest BCUT2D eigenvalue weighted by molar-refractivity contribution is -0.123. The van der Waals surface area contributed by atoms with Crippen LogP contribution >= 0.6 is 0 Å². The van der Waals surface area contributed by atoms with Gasteiger partial charge in [0.05, 0.1) is 12.5 Å². The molecule has 1 amide bonds. The summed E-state index contributed by atoms with van der Waals surface area (Å²) in [7, 11) is 0. The quantitative estimate of drug-likeness (QED) is 0.773. The number of benzene rings is 1. The molecule has 0 fully saturated rings. The molecule has 0 saturated heterocycles. The van der Waals surface area contributed by atoms with E-state index in [4.69, 9.17) is 15.7 Å². The fourth-order valence-corrected chi connectivity index (χ4v) is 2.17. The minimum absolute atomic E-state index is 0.0315. The molecule has 5 nitrogen and oxygen atoms in total. The second-order valence-electron chi connectivity index (χ2n) is 4.55. The zero-order valence-electron chi connectivity index (χ0n) is 10.7. The van der Waals surface area contributed by atoms with Crippen LogP contribution < -0.4 is 15.8 Å². The van der Waals surface area contributed by atoms with Crippen molar-refractivity contribution in [3.8, 4) is 11.8 Å². The lowest BCUT2D eigenvalue weighted by Crippen LogP contribution is -2.29. The summed E-state index contributed by atoms with van der Waals surface area (Å²) in [4.78, 5) is 11.4. The number of ether oxygens (including phenoxy) is 1. The van der Waals surface area contributed by atoms with E-state index in [1.165, 1.54) is 11.1 Å². The first-order valence-corrected chi connectivity index (χ1v) is 6.35. The van der Waals surface area contributed by atoms with Crippen LogP contribution in [0.5, 0.6) is 5.75 Å². The van der Waals surface area contributed by atoms with E-state index in [2.05, 4.69) is 5.32 Å². The van der Waals surface area contributed by atoms with Gasteiger partial charge in [0.2, 0.25) is 0 Å². The van der Waals surface area contributed by atoms with Gasteiger partial charge in [-0.25, -0.2) is 0 Å². The van der Waals surface area contributed by atoms with Gasteiger partial charge in [-0.1, -0.05) is 6.07 Å². The van der Waals surface area contributed by atoms with Gasteiger partial charge in [0.15, 0.2) is 6.61 Å². The number of hydrogen-bond donors (Lipinski definition) is 2. The number of amides is 1. The van der Waals surface area contributed by atoms with E-state index in [9.17, 15) is 4.79 Å². The fraction of sp³-hybridized carbons (Fsp3) is 0.429. The zero-order valence-corrected chi connectivity index (χ0v) is 10.7. The molecule has 5 heteroatoms. The van der Waals surface area contributed by atoms with E-state index in [-0.39, 0.29) is 18.6 Å². The van der Waals surface area contributed by atoms with Crippen LogP contribution in [0.15, 0.2) is 18.2 Å². The van der Waals surface area contributed by atoms with Crippen molar-refractivity contribution < 1.29 is 9.53 Å². The Kier molecular flexibility index (Phi) is 4.37. The summed E-state index contributed by atoms with van der Waals surface area (Å²) in [5.74, 6) is 0.468. The molecule has 1 aromatic rings. The number of nitrogens with zero attached hydrogens (tertiary/aromatic N) is 1. The minimum Gasteiger partial charge on any atom is -0.484 e. The van der Waals surface area contributed by atoms with E-state index < -0.39 is 0 Å². The van der Waals surface area contributed by atoms with Crippen LogP contribution in [0.3, 0.4) is 0 Å². The average molecular weight is 259 g/mol. The Morgan fingerprint density at radius 2 is 2.42 bits per heavy atom. The highest BCUT2D eigenvalue weighted by Gasteiger charge is 2.19. The second-order valence-corrected chi connectivity index (χ2v) is 4.55. The van der Waals surface area contributed by atoms with Gasteiger partial charge in [0.1, 0.15) is 5.75 Å². The first-order valence-electron chi connectivity index (χ1n) is 6.35. The lowest BCUT2D eigenvalue weighted by atomic mass is 10.1. The van der Waals surface area contributed by atoms with Crippen LogP contribution in [0.1, 0.15) is 30.0 Å². The lowest BCUT2D eigenvalue weighted by Gasteiger charge is -2.09. The highest BCUT2D eigenvalue weighted by Crippen LogP contribution is 2.31. The number of rotatable bonds is 5. The average Bonchev–Trinajstić information content (AvgIpc) is 2.78. The maximum absolute atomic E-state index is 11.4. The van der Waals surface area contributed by atoms with Crippen molar-refractivity contribution in [3.05, 3.63) is 29.3 Å². The number of carbonyl (C=O) groups excluding carboxylic acids is 1. The molecule has 1 aliphatic carbocycles. The summed E-state index contributed by atoms with van der Waals surface area (Å²) < 4.78 is 5.42. The molecule has 0 radical (unpaired) electrons. The van der Waals surface area contributed by atoms with E-state index in [0.717, 1.165) is 12.8 Å². The molecule has 1 atom stereocenters. The molecule has 2 rings (SSSR count). The van der Waals surface area contributed by atoms with Crippen LogP contribution in [-0.2, 0) is 11.2 Å². The maximum Gasteiger partial charge on any atom is 0.257 e. The summed E-state index contributed by atoms with van der Waals surface area (Å²) in [6.45, 7) is 0.327. The molecule has 0 aliphatic heterocycles. The summed E-state index contributed by atoms with van der Waals surface area (Å²) in [5, 5.41) is 11.0. The number of fused-ring (bicyclic) bond motifs is 1. The van der Waals surface area contributed by atoms with Crippen LogP contribution in [0.2, 0.25) is 0 Å². The maximum atomic E-state index is 11.4. The highest BCUT2D eigenvalue weighted by molar-refractivity contribution is 5.77. The number of nitrogens with two attached hydrogens (primary N) is 1. The van der Waals surface area contributed by atoms with Crippen molar-refractivity contribution in [3.63, 3.8) is 0 Å². The number of aryl methyl sites for hydroxylation is 1. The normalized spacial score (nSPS) is 16.5. The molecule has 3 N–H and O–H groups in total. The summed E-state index contributed by atoms with van der Waals surface area (Å²) in [6.07, 6.45) is 2.23. The topological polar surface area (TPSA) is 88.1 Å². The molecule has 0 spiro atoms. The minimum atomic E-state index is -0.215. The van der Waals surface area contributed by atoms with E-state index in [1.807, 2.05) is 24.3 Å². The van der Waals surface area contributed by atoms with E-state index in [0.29, 0.717) is 18.7 Å². The van der Waals surface area contributed by atoms with Gasteiger partial charge in [-0.05, 0) is 36.1 Å². The SMILES string of the molecule is N#CCCNC(=O)COc1ccc2c(c1)CC[C@@H]2N. The first-order chi connectivity index (χ1) is 9.20. The van der Waals surface area contributed by atoms with Gasteiger partial charge in [-0.3, -0.25) is 4.79 Å². The molecule has 1 aromatic carbocycles. The van der Waals surface area contributed by atoms with E-state index >= 15 is 0 Å². The van der Waals surface area contributed by atoms with Crippen molar-refractivity contribution in [2.75, 3.05) is 13.2 Å². The van der Waals surface area contributed by atoms with Crippen LogP contribution in [0.4, 0.5) is 0 Å². The van der Waals surface area contributed by atoms with Crippen molar-refractivity contribution in [2.45, 2.75) is 25.3 Å². The van der Waals surface area contributed by atoms with Crippen molar-refractivity contribution in [1.29, 1.82) is 5.26 Å². The Morgan fingerprint density at radius 1 is 1.58 bits per heavy atom.